The highest BCUT2D eigenvalue weighted by Gasteiger charge is 1.96. The third-order valence-electron chi connectivity index (χ3n) is 1.82. The van der Waals surface area contributed by atoms with Crippen molar-refractivity contribution in [3.63, 3.8) is 0 Å². The Bertz CT molecular complexity index is 369. The Morgan fingerprint density at radius 3 is 2.50 bits per heavy atom. The van der Waals surface area contributed by atoms with Crippen molar-refractivity contribution in [1.29, 1.82) is 0 Å². The summed E-state index contributed by atoms with van der Waals surface area (Å²) in [5.41, 5.74) is 2.94. The zero-order valence-corrected chi connectivity index (χ0v) is 9.44. The summed E-state index contributed by atoms with van der Waals surface area (Å²) in [5, 5.41) is 0. The predicted molar refractivity (Wildman–Crippen MR) is 63.6 cm³/mol. The molecule has 1 aromatic carbocycles. The molecule has 0 aliphatic rings. The van der Waals surface area contributed by atoms with E-state index in [1.165, 1.54) is 6.08 Å². The van der Waals surface area contributed by atoms with E-state index in [4.69, 9.17) is 10.6 Å². The SMILES string of the molecule is CC(C)Oc1ccc(/C=C/C(=O)NN)cc1. The highest BCUT2D eigenvalue weighted by Crippen LogP contribution is 2.14. The number of benzene rings is 1. The zero-order valence-electron chi connectivity index (χ0n) is 9.44. The van der Waals surface area contributed by atoms with Gasteiger partial charge in [0, 0.05) is 6.08 Å². The van der Waals surface area contributed by atoms with E-state index in [9.17, 15) is 4.79 Å². The van der Waals surface area contributed by atoms with Crippen LogP contribution in [0.25, 0.3) is 6.08 Å². The molecule has 0 radical (unpaired) electrons. The fourth-order valence-corrected chi connectivity index (χ4v) is 1.15. The molecular formula is C12H16N2O2. The Morgan fingerprint density at radius 1 is 1.38 bits per heavy atom. The van der Waals surface area contributed by atoms with Gasteiger partial charge in [0.25, 0.3) is 5.91 Å². The summed E-state index contributed by atoms with van der Waals surface area (Å²) in [6, 6.07) is 7.47. The molecule has 0 heterocycles. The topological polar surface area (TPSA) is 64.3 Å². The van der Waals surface area contributed by atoms with Crippen molar-refractivity contribution in [3.05, 3.63) is 35.9 Å². The van der Waals surface area contributed by atoms with Crippen molar-refractivity contribution in [2.45, 2.75) is 20.0 Å². The number of nitrogens with two attached hydrogens (primary N) is 1. The quantitative estimate of drug-likeness (QED) is 0.349. The maximum atomic E-state index is 10.8. The molecule has 4 nitrogen and oxygen atoms in total. The van der Waals surface area contributed by atoms with Crippen molar-refractivity contribution in [3.8, 4) is 5.75 Å². The van der Waals surface area contributed by atoms with Gasteiger partial charge in [-0.15, -0.1) is 0 Å². The molecule has 0 saturated heterocycles. The van der Waals surface area contributed by atoms with E-state index in [2.05, 4.69) is 0 Å². The van der Waals surface area contributed by atoms with Crippen LogP contribution in [0, 0.1) is 0 Å². The minimum Gasteiger partial charge on any atom is -0.491 e. The van der Waals surface area contributed by atoms with Crippen LogP contribution in [0.4, 0.5) is 0 Å². The van der Waals surface area contributed by atoms with Gasteiger partial charge >= 0.3 is 0 Å². The number of carbonyl (C=O) groups is 1. The molecule has 0 atom stereocenters. The first-order valence-electron chi connectivity index (χ1n) is 5.07. The summed E-state index contributed by atoms with van der Waals surface area (Å²) in [4.78, 5) is 10.8. The molecule has 0 aromatic heterocycles. The molecule has 0 spiro atoms. The molecule has 1 aromatic rings. The van der Waals surface area contributed by atoms with Crippen LogP contribution in [-0.4, -0.2) is 12.0 Å². The number of amides is 1. The van der Waals surface area contributed by atoms with E-state index in [1.807, 2.05) is 43.5 Å². The Labute approximate surface area is 95.1 Å². The fraction of sp³-hybridized carbons (Fsp3) is 0.250. The highest BCUT2D eigenvalue weighted by atomic mass is 16.5. The molecule has 0 bridgehead atoms. The van der Waals surface area contributed by atoms with Gasteiger partial charge in [0.05, 0.1) is 6.10 Å². The number of nitrogens with one attached hydrogen (secondary N) is 1. The average Bonchev–Trinajstić information content (AvgIpc) is 2.27. The third kappa shape index (κ3) is 4.14. The van der Waals surface area contributed by atoms with Gasteiger partial charge in [0.15, 0.2) is 0 Å². The van der Waals surface area contributed by atoms with Gasteiger partial charge in [-0.25, -0.2) is 5.84 Å². The van der Waals surface area contributed by atoms with Crippen LogP contribution < -0.4 is 16.0 Å². The van der Waals surface area contributed by atoms with Gasteiger partial charge in [0.1, 0.15) is 5.75 Å². The largest absolute Gasteiger partial charge is 0.491 e. The Morgan fingerprint density at radius 2 is 2.00 bits per heavy atom. The molecule has 0 aliphatic heterocycles. The number of hydrogen-bond donors (Lipinski definition) is 2. The maximum absolute atomic E-state index is 10.8. The monoisotopic (exact) mass is 220 g/mol. The summed E-state index contributed by atoms with van der Waals surface area (Å²) in [6.45, 7) is 3.94. The van der Waals surface area contributed by atoms with Crippen LogP contribution >= 0.6 is 0 Å². The summed E-state index contributed by atoms with van der Waals surface area (Å²) >= 11 is 0. The van der Waals surface area contributed by atoms with Gasteiger partial charge in [-0.3, -0.25) is 10.2 Å². The standard InChI is InChI=1S/C12H16N2O2/c1-9(2)16-11-6-3-10(4-7-11)5-8-12(15)14-13/h3-9H,13H2,1-2H3,(H,14,15)/b8-5+. The van der Waals surface area contributed by atoms with E-state index in [0.717, 1.165) is 11.3 Å². The Kier molecular flexibility index (Phi) is 4.54. The first-order chi connectivity index (χ1) is 7.61. The molecule has 4 heteroatoms. The minimum absolute atomic E-state index is 0.157. The van der Waals surface area contributed by atoms with Crippen molar-refractivity contribution < 1.29 is 9.53 Å². The minimum atomic E-state index is -0.331. The normalized spacial score (nSPS) is 10.8. The molecule has 86 valence electrons. The lowest BCUT2D eigenvalue weighted by Crippen LogP contribution is -2.27. The second-order valence-electron chi connectivity index (χ2n) is 3.58. The van der Waals surface area contributed by atoms with Crippen LogP contribution in [0.3, 0.4) is 0 Å². The second kappa shape index (κ2) is 5.92. The summed E-state index contributed by atoms with van der Waals surface area (Å²) in [6.07, 6.45) is 3.21. The van der Waals surface area contributed by atoms with E-state index in [-0.39, 0.29) is 12.0 Å². The van der Waals surface area contributed by atoms with E-state index < -0.39 is 0 Å². The second-order valence-corrected chi connectivity index (χ2v) is 3.58. The van der Waals surface area contributed by atoms with E-state index in [0.29, 0.717) is 0 Å². The lowest BCUT2D eigenvalue weighted by molar-refractivity contribution is -0.116. The van der Waals surface area contributed by atoms with Crippen molar-refractivity contribution in [1.82, 2.24) is 5.43 Å². The van der Waals surface area contributed by atoms with Crippen molar-refractivity contribution in [2.24, 2.45) is 5.84 Å². The van der Waals surface area contributed by atoms with Gasteiger partial charge in [-0.05, 0) is 37.6 Å². The van der Waals surface area contributed by atoms with Gasteiger partial charge in [0.2, 0.25) is 0 Å². The van der Waals surface area contributed by atoms with Gasteiger partial charge in [-0.1, -0.05) is 12.1 Å². The first-order valence-corrected chi connectivity index (χ1v) is 5.07. The first kappa shape index (κ1) is 12.3. The van der Waals surface area contributed by atoms with E-state index >= 15 is 0 Å². The van der Waals surface area contributed by atoms with Crippen LogP contribution in [-0.2, 0) is 4.79 Å². The molecule has 3 N–H and O–H groups in total. The van der Waals surface area contributed by atoms with Crippen molar-refractivity contribution >= 4 is 12.0 Å². The maximum Gasteiger partial charge on any atom is 0.257 e. The number of carbonyl (C=O) groups excluding carboxylic acids is 1. The lowest BCUT2D eigenvalue weighted by Gasteiger charge is -2.09. The number of hydrazine groups is 1. The van der Waals surface area contributed by atoms with E-state index in [1.54, 1.807) is 6.08 Å². The smallest absolute Gasteiger partial charge is 0.257 e. The molecule has 0 aliphatic carbocycles. The summed E-state index contributed by atoms with van der Waals surface area (Å²) < 4.78 is 5.49. The predicted octanol–water partition coefficient (Wildman–Crippen LogP) is 1.48. The Hall–Kier alpha value is -1.81. The number of rotatable bonds is 4. The Balaban J connectivity index is 2.64. The molecule has 1 rings (SSSR count). The van der Waals surface area contributed by atoms with Crippen LogP contribution in [0.1, 0.15) is 19.4 Å². The summed E-state index contributed by atoms with van der Waals surface area (Å²) in [7, 11) is 0. The molecule has 1 amide bonds. The van der Waals surface area contributed by atoms with Crippen LogP contribution in [0.15, 0.2) is 30.3 Å². The van der Waals surface area contributed by atoms with Crippen molar-refractivity contribution in [2.75, 3.05) is 0 Å². The molecule has 0 unspecified atom stereocenters. The number of ether oxygens (including phenoxy) is 1. The molecule has 0 fully saturated rings. The van der Waals surface area contributed by atoms with Gasteiger partial charge < -0.3 is 4.74 Å². The fourth-order valence-electron chi connectivity index (χ4n) is 1.15. The number of hydrogen-bond acceptors (Lipinski definition) is 3. The average molecular weight is 220 g/mol. The third-order valence-corrected chi connectivity index (χ3v) is 1.82. The molecule has 16 heavy (non-hydrogen) atoms. The summed E-state index contributed by atoms with van der Waals surface area (Å²) in [5.74, 6) is 5.43. The van der Waals surface area contributed by atoms with Gasteiger partial charge in [-0.2, -0.15) is 0 Å². The highest BCUT2D eigenvalue weighted by molar-refractivity contribution is 5.91. The molecular weight excluding hydrogens is 204 g/mol. The van der Waals surface area contributed by atoms with Crippen LogP contribution in [0.5, 0.6) is 5.75 Å². The van der Waals surface area contributed by atoms with Crippen LogP contribution in [0.2, 0.25) is 0 Å². The zero-order chi connectivity index (χ0) is 12.0. The lowest BCUT2D eigenvalue weighted by atomic mass is 10.2. The molecule has 0 saturated carbocycles.